The van der Waals surface area contributed by atoms with E-state index in [2.05, 4.69) is 0 Å². The Kier molecular flexibility index (Phi) is 2.74. The lowest BCUT2D eigenvalue weighted by Gasteiger charge is -2.28. The lowest BCUT2D eigenvalue weighted by Crippen LogP contribution is -2.39. The van der Waals surface area contributed by atoms with Crippen molar-refractivity contribution < 1.29 is 14.3 Å². The van der Waals surface area contributed by atoms with Crippen molar-refractivity contribution in [1.82, 2.24) is 0 Å². The Morgan fingerprint density at radius 1 is 1.75 bits per heavy atom. The highest BCUT2D eigenvalue weighted by atomic mass is 16.6. The SMILES string of the molecule is CCOC(=O)C1(C)CCC=CO1. The first-order valence-corrected chi connectivity index (χ1v) is 4.19. The molecule has 1 aliphatic rings. The molecule has 0 aliphatic carbocycles. The van der Waals surface area contributed by atoms with Gasteiger partial charge in [0.2, 0.25) is 5.60 Å². The minimum absolute atomic E-state index is 0.269. The van der Waals surface area contributed by atoms with E-state index in [9.17, 15) is 4.79 Å². The molecule has 1 unspecified atom stereocenters. The molecule has 3 nitrogen and oxygen atoms in total. The fraction of sp³-hybridized carbons (Fsp3) is 0.667. The van der Waals surface area contributed by atoms with Gasteiger partial charge in [0, 0.05) is 6.42 Å². The molecule has 1 heterocycles. The zero-order chi connectivity index (χ0) is 9.03. The van der Waals surface area contributed by atoms with Gasteiger partial charge in [-0.25, -0.2) is 4.79 Å². The van der Waals surface area contributed by atoms with E-state index in [0.29, 0.717) is 13.0 Å². The van der Waals surface area contributed by atoms with Crippen molar-refractivity contribution in [2.45, 2.75) is 32.3 Å². The number of allylic oxidation sites excluding steroid dienone is 1. The van der Waals surface area contributed by atoms with Crippen LogP contribution < -0.4 is 0 Å². The fourth-order valence-electron chi connectivity index (χ4n) is 1.12. The molecule has 0 saturated carbocycles. The standard InChI is InChI=1S/C9H14O3/c1-3-11-8(10)9(2)6-4-5-7-12-9/h5,7H,3-4,6H2,1-2H3. The maximum absolute atomic E-state index is 11.3. The predicted molar refractivity (Wildman–Crippen MR) is 44.5 cm³/mol. The van der Waals surface area contributed by atoms with Crippen LogP contribution in [0.15, 0.2) is 12.3 Å². The molecule has 0 amide bonds. The molecule has 0 spiro atoms. The summed E-state index contributed by atoms with van der Waals surface area (Å²) in [6.45, 7) is 3.95. The highest BCUT2D eigenvalue weighted by Gasteiger charge is 2.36. The molecule has 0 saturated heterocycles. The van der Waals surface area contributed by atoms with Crippen molar-refractivity contribution in [3.05, 3.63) is 12.3 Å². The molecule has 0 aromatic carbocycles. The summed E-state index contributed by atoms with van der Waals surface area (Å²) in [5.74, 6) is -0.269. The molecular weight excluding hydrogens is 156 g/mol. The van der Waals surface area contributed by atoms with Gasteiger partial charge in [0.25, 0.3) is 0 Å². The van der Waals surface area contributed by atoms with Crippen molar-refractivity contribution in [2.24, 2.45) is 0 Å². The highest BCUT2D eigenvalue weighted by Crippen LogP contribution is 2.24. The highest BCUT2D eigenvalue weighted by molar-refractivity contribution is 5.79. The van der Waals surface area contributed by atoms with Crippen molar-refractivity contribution >= 4 is 5.97 Å². The van der Waals surface area contributed by atoms with Crippen molar-refractivity contribution in [3.63, 3.8) is 0 Å². The molecule has 0 fully saturated rings. The van der Waals surface area contributed by atoms with Crippen LogP contribution in [0.4, 0.5) is 0 Å². The minimum Gasteiger partial charge on any atom is -0.484 e. The van der Waals surface area contributed by atoms with Crippen LogP contribution in [0.25, 0.3) is 0 Å². The van der Waals surface area contributed by atoms with Crippen LogP contribution >= 0.6 is 0 Å². The van der Waals surface area contributed by atoms with Gasteiger partial charge in [-0.15, -0.1) is 0 Å². The maximum atomic E-state index is 11.3. The molecule has 68 valence electrons. The molecule has 0 bridgehead atoms. The average molecular weight is 170 g/mol. The van der Waals surface area contributed by atoms with Gasteiger partial charge < -0.3 is 9.47 Å². The van der Waals surface area contributed by atoms with E-state index in [-0.39, 0.29) is 5.97 Å². The Balaban J connectivity index is 2.58. The smallest absolute Gasteiger partial charge is 0.350 e. The molecule has 0 N–H and O–H groups in total. The first kappa shape index (κ1) is 9.10. The molecule has 1 rings (SSSR count). The number of hydrogen-bond donors (Lipinski definition) is 0. The Hall–Kier alpha value is -0.990. The quantitative estimate of drug-likeness (QED) is 0.591. The van der Waals surface area contributed by atoms with Crippen LogP contribution in [-0.2, 0) is 14.3 Å². The van der Waals surface area contributed by atoms with Gasteiger partial charge in [0.15, 0.2) is 0 Å². The molecule has 1 aliphatic heterocycles. The fourth-order valence-corrected chi connectivity index (χ4v) is 1.12. The van der Waals surface area contributed by atoms with E-state index in [1.807, 2.05) is 6.08 Å². The molecule has 0 radical (unpaired) electrons. The third kappa shape index (κ3) is 1.78. The minimum atomic E-state index is -0.759. The summed E-state index contributed by atoms with van der Waals surface area (Å²) >= 11 is 0. The summed E-state index contributed by atoms with van der Waals surface area (Å²) < 4.78 is 10.1. The topological polar surface area (TPSA) is 35.5 Å². The molecule has 12 heavy (non-hydrogen) atoms. The summed E-state index contributed by atoms with van der Waals surface area (Å²) in [4.78, 5) is 11.3. The second kappa shape index (κ2) is 3.61. The number of hydrogen-bond acceptors (Lipinski definition) is 3. The van der Waals surface area contributed by atoms with E-state index >= 15 is 0 Å². The summed E-state index contributed by atoms with van der Waals surface area (Å²) in [5.41, 5.74) is -0.759. The summed E-state index contributed by atoms with van der Waals surface area (Å²) in [6, 6.07) is 0. The molecular formula is C9H14O3. The maximum Gasteiger partial charge on any atom is 0.350 e. The largest absolute Gasteiger partial charge is 0.484 e. The van der Waals surface area contributed by atoms with Crippen LogP contribution in [0.3, 0.4) is 0 Å². The normalized spacial score (nSPS) is 27.8. The average Bonchev–Trinajstić information content (AvgIpc) is 2.06. The molecule has 0 aromatic heterocycles. The van der Waals surface area contributed by atoms with E-state index in [4.69, 9.17) is 9.47 Å². The van der Waals surface area contributed by atoms with E-state index in [1.54, 1.807) is 20.1 Å². The second-order valence-electron chi connectivity index (χ2n) is 2.98. The van der Waals surface area contributed by atoms with Crippen LogP contribution in [0, 0.1) is 0 Å². The monoisotopic (exact) mass is 170 g/mol. The number of esters is 1. The Morgan fingerprint density at radius 3 is 3.00 bits per heavy atom. The third-order valence-electron chi connectivity index (χ3n) is 1.92. The number of carbonyl (C=O) groups is 1. The Morgan fingerprint density at radius 2 is 2.50 bits per heavy atom. The van der Waals surface area contributed by atoms with E-state index < -0.39 is 5.60 Å². The van der Waals surface area contributed by atoms with Gasteiger partial charge in [-0.3, -0.25) is 0 Å². The van der Waals surface area contributed by atoms with Crippen LogP contribution in [0.1, 0.15) is 26.7 Å². The van der Waals surface area contributed by atoms with Crippen LogP contribution in [0.2, 0.25) is 0 Å². The van der Waals surface area contributed by atoms with Gasteiger partial charge in [0.05, 0.1) is 12.9 Å². The summed E-state index contributed by atoms with van der Waals surface area (Å²) in [5, 5.41) is 0. The first-order valence-electron chi connectivity index (χ1n) is 4.19. The Bertz CT molecular complexity index is 198. The van der Waals surface area contributed by atoms with E-state index in [1.165, 1.54) is 0 Å². The molecule has 3 heteroatoms. The number of rotatable bonds is 2. The van der Waals surface area contributed by atoms with Crippen molar-refractivity contribution in [1.29, 1.82) is 0 Å². The van der Waals surface area contributed by atoms with Gasteiger partial charge in [0.1, 0.15) is 0 Å². The van der Waals surface area contributed by atoms with Gasteiger partial charge >= 0.3 is 5.97 Å². The van der Waals surface area contributed by atoms with Gasteiger partial charge in [-0.05, 0) is 26.3 Å². The Labute approximate surface area is 72.4 Å². The summed E-state index contributed by atoms with van der Waals surface area (Å²) in [6.07, 6.45) is 5.04. The van der Waals surface area contributed by atoms with Gasteiger partial charge in [-0.1, -0.05) is 0 Å². The zero-order valence-electron chi connectivity index (χ0n) is 7.50. The lowest BCUT2D eigenvalue weighted by atomic mass is 9.98. The number of ether oxygens (including phenoxy) is 2. The molecule has 1 atom stereocenters. The zero-order valence-corrected chi connectivity index (χ0v) is 7.50. The predicted octanol–water partition coefficient (Wildman–Crippen LogP) is 1.63. The number of carbonyl (C=O) groups excluding carboxylic acids is 1. The second-order valence-corrected chi connectivity index (χ2v) is 2.98. The van der Waals surface area contributed by atoms with Crippen LogP contribution in [-0.4, -0.2) is 18.2 Å². The van der Waals surface area contributed by atoms with E-state index in [0.717, 1.165) is 6.42 Å². The molecule has 0 aromatic rings. The summed E-state index contributed by atoms with van der Waals surface area (Å²) in [7, 11) is 0. The van der Waals surface area contributed by atoms with Crippen LogP contribution in [0.5, 0.6) is 0 Å². The van der Waals surface area contributed by atoms with Crippen molar-refractivity contribution in [2.75, 3.05) is 6.61 Å². The third-order valence-corrected chi connectivity index (χ3v) is 1.92. The first-order chi connectivity index (χ1) is 5.69. The lowest BCUT2D eigenvalue weighted by molar-refractivity contribution is -0.165. The van der Waals surface area contributed by atoms with Gasteiger partial charge in [-0.2, -0.15) is 0 Å². The van der Waals surface area contributed by atoms with Crippen molar-refractivity contribution in [3.8, 4) is 0 Å².